The van der Waals surface area contributed by atoms with Gasteiger partial charge in [0, 0.05) is 57.1 Å². The molecule has 1 amide bonds. The molecule has 3 heterocycles. The van der Waals surface area contributed by atoms with Crippen molar-refractivity contribution >= 4 is 26.6 Å². The topological polar surface area (TPSA) is 138 Å². The molecule has 1 N–H and O–H groups in total. The quantitative estimate of drug-likeness (QED) is 0.215. The van der Waals surface area contributed by atoms with Crippen LogP contribution < -0.4 is 15.8 Å². The van der Waals surface area contributed by atoms with Crippen molar-refractivity contribution in [2.45, 2.75) is 56.6 Å². The number of aromatic nitrogens is 2. The summed E-state index contributed by atoms with van der Waals surface area (Å²) in [5.41, 5.74) is 3.06. The third kappa shape index (κ3) is 8.10. The number of rotatable bonds is 13. The first-order valence-electron chi connectivity index (χ1n) is 15.5. The number of benzene rings is 2. The lowest BCUT2D eigenvalue weighted by molar-refractivity contribution is -0.201. The van der Waals surface area contributed by atoms with E-state index in [4.69, 9.17) is 19.0 Å². The summed E-state index contributed by atoms with van der Waals surface area (Å²) in [5, 5.41) is 0.273. The maximum absolute atomic E-state index is 15.1. The first kappa shape index (κ1) is 33.9. The molecule has 3 aromatic rings. The number of morpholine rings is 1. The molecular weight excluding hydrogens is 619 g/mol. The van der Waals surface area contributed by atoms with Crippen LogP contribution >= 0.6 is 0 Å². The molecule has 1 unspecified atom stereocenters. The summed E-state index contributed by atoms with van der Waals surface area (Å²) in [5.74, 6) is -0.869. The molecule has 1 aromatic heterocycles. The molecule has 0 saturated carbocycles. The number of fused-ring (bicyclic) bond motifs is 1. The van der Waals surface area contributed by atoms with Crippen LogP contribution in [0.2, 0.25) is 0 Å². The van der Waals surface area contributed by atoms with Gasteiger partial charge < -0.3 is 14.2 Å². The smallest absolute Gasteiger partial charge is 0.264 e. The summed E-state index contributed by atoms with van der Waals surface area (Å²) in [6.45, 7) is 6.37. The summed E-state index contributed by atoms with van der Waals surface area (Å²) >= 11 is 0. The van der Waals surface area contributed by atoms with Gasteiger partial charge in [-0.05, 0) is 62.4 Å². The van der Waals surface area contributed by atoms with E-state index < -0.39 is 38.2 Å². The van der Waals surface area contributed by atoms with Gasteiger partial charge in [-0.25, -0.2) is 28.1 Å². The molecule has 2 aliphatic rings. The van der Waals surface area contributed by atoms with E-state index in [1.807, 2.05) is 0 Å². The Kier molecular flexibility index (Phi) is 11.1. The van der Waals surface area contributed by atoms with Crippen LogP contribution in [0.25, 0.3) is 22.0 Å². The molecule has 46 heavy (non-hydrogen) atoms. The molecular formula is C32H41FN4O8S. The molecule has 2 aromatic carbocycles. The van der Waals surface area contributed by atoms with Gasteiger partial charge in [-0.3, -0.25) is 19.1 Å². The molecule has 0 spiro atoms. The van der Waals surface area contributed by atoms with E-state index in [0.717, 1.165) is 58.4 Å². The van der Waals surface area contributed by atoms with Crippen LogP contribution in [-0.4, -0.2) is 92.1 Å². The lowest BCUT2D eigenvalue weighted by Crippen LogP contribution is -2.51. The fourth-order valence-electron chi connectivity index (χ4n) is 5.44. The maximum atomic E-state index is 15.1. The highest BCUT2D eigenvalue weighted by molar-refractivity contribution is 7.92. The Labute approximate surface area is 267 Å². The van der Waals surface area contributed by atoms with Crippen molar-refractivity contribution in [3.63, 3.8) is 0 Å². The number of halogens is 1. The van der Waals surface area contributed by atoms with Crippen LogP contribution in [0.5, 0.6) is 5.75 Å². The van der Waals surface area contributed by atoms with Crippen LogP contribution in [0.4, 0.5) is 4.39 Å². The molecule has 2 atom stereocenters. The van der Waals surface area contributed by atoms with Gasteiger partial charge in [-0.2, -0.15) is 0 Å². The Morgan fingerprint density at radius 1 is 1.13 bits per heavy atom. The second kappa shape index (κ2) is 15.0. The average molecular weight is 661 g/mol. The number of hydroxylamine groups is 1. The van der Waals surface area contributed by atoms with E-state index in [9.17, 15) is 18.0 Å². The van der Waals surface area contributed by atoms with E-state index >= 15 is 4.39 Å². The van der Waals surface area contributed by atoms with Gasteiger partial charge in [0.2, 0.25) is 0 Å². The van der Waals surface area contributed by atoms with Crippen molar-refractivity contribution in [1.29, 1.82) is 0 Å². The fraction of sp³-hybridized carbons (Fsp3) is 0.531. The zero-order valence-electron chi connectivity index (χ0n) is 26.2. The van der Waals surface area contributed by atoms with E-state index in [1.165, 1.54) is 23.9 Å². The van der Waals surface area contributed by atoms with E-state index in [-0.39, 0.29) is 18.4 Å². The molecule has 250 valence electrons. The van der Waals surface area contributed by atoms with E-state index in [0.29, 0.717) is 42.0 Å². The third-order valence-electron chi connectivity index (χ3n) is 8.62. The molecule has 5 rings (SSSR count). The van der Waals surface area contributed by atoms with Gasteiger partial charge in [-0.15, -0.1) is 0 Å². The highest BCUT2D eigenvalue weighted by atomic mass is 32.2. The lowest BCUT2D eigenvalue weighted by atomic mass is 10.0. The Bertz CT molecular complexity index is 1690. The maximum Gasteiger partial charge on any atom is 0.264 e. The predicted octanol–water partition coefficient (Wildman–Crippen LogP) is 3.07. The number of carbonyl (C=O) groups excluding carboxylic acids is 1. The molecule has 14 heteroatoms. The Morgan fingerprint density at radius 2 is 1.93 bits per heavy atom. The van der Waals surface area contributed by atoms with Crippen molar-refractivity contribution in [3.8, 4) is 16.9 Å². The van der Waals surface area contributed by atoms with Gasteiger partial charge >= 0.3 is 0 Å². The predicted molar refractivity (Wildman–Crippen MR) is 169 cm³/mol. The Morgan fingerprint density at radius 3 is 2.65 bits per heavy atom. The standard InChI is InChI=1S/C32H41FN4O8S/c1-32(46(2,40)41,31(39)35-45-29-6-3-4-16-44-29)11-13-37-22-34-28-20-23(7-9-26(28)30(37)38)25-10-8-24(21-27(25)33)43-17-5-12-36-14-18-42-19-15-36/h7-10,20-22,29H,3-6,11-19H2,1-2H3,(H,35,39)/t29?,32-/m0/s1. The first-order valence-corrected chi connectivity index (χ1v) is 17.4. The van der Waals surface area contributed by atoms with Crippen LogP contribution in [0.1, 0.15) is 39.0 Å². The summed E-state index contributed by atoms with van der Waals surface area (Å²) in [7, 11) is -3.92. The third-order valence-corrected chi connectivity index (χ3v) is 10.6. The van der Waals surface area contributed by atoms with Crippen LogP contribution in [0.3, 0.4) is 0 Å². The number of carbonyl (C=O) groups is 1. The molecule has 2 aliphatic heterocycles. The minimum absolute atomic E-state index is 0.0943. The number of amides is 1. The first-order chi connectivity index (χ1) is 22.0. The van der Waals surface area contributed by atoms with Gasteiger partial charge in [0.15, 0.2) is 20.9 Å². The van der Waals surface area contributed by atoms with E-state index in [2.05, 4.69) is 15.4 Å². The minimum atomic E-state index is -3.92. The number of ether oxygens (including phenoxy) is 3. The number of nitrogens with zero attached hydrogens (tertiary/aromatic N) is 3. The minimum Gasteiger partial charge on any atom is -0.493 e. The van der Waals surface area contributed by atoms with Crippen LogP contribution in [0.15, 0.2) is 47.5 Å². The average Bonchev–Trinajstić information content (AvgIpc) is 3.05. The van der Waals surface area contributed by atoms with Gasteiger partial charge in [0.1, 0.15) is 11.6 Å². The highest BCUT2D eigenvalue weighted by Gasteiger charge is 2.44. The molecule has 2 saturated heterocycles. The number of nitrogens with one attached hydrogen (secondary N) is 1. The molecule has 12 nitrogen and oxygen atoms in total. The molecule has 0 aliphatic carbocycles. The highest BCUT2D eigenvalue weighted by Crippen LogP contribution is 2.28. The fourth-order valence-corrected chi connectivity index (χ4v) is 6.28. The second-order valence-electron chi connectivity index (χ2n) is 11.9. The Hall–Kier alpha value is -3.43. The summed E-state index contributed by atoms with van der Waals surface area (Å²) in [6, 6.07) is 9.52. The number of hydrogen-bond acceptors (Lipinski definition) is 10. The van der Waals surface area contributed by atoms with Gasteiger partial charge in [0.25, 0.3) is 11.5 Å². The molecule has 0 radical (unpaired) electrons. The number of sulfone groups is 1. The van der Waals surface area contributed by atoms with Crippen LogP contribution in [-0.2, 0) is 35.5 Å². The van der Waals surface area contributed by atoms with Crippen molar-refractivity contribution in [1.82, 2.24) is 19.9 Å². The SMILES string of the molecule is C[C@](CCn1cnc2cc(-c3ccc(OCCCN4CCOCC4)cc3F)ccc2c1=O)(C(=O)NOC1CCCCO1)S(C)(=O)=O. The van der Waals surface area contributed by atoms with Crippen molar-refractivity contribution in [3.05, 3.63) is 58.9 Å². The number of aryl methyl sites for hydroxylation is 1. The molecule has 0 bridgehead atoms. The van der Waals surface area contributed by atoms with E-state index in [1.54, 1.807) is 30.3 Å². The second-order valence-corrected chi connectivity index (χ2v) is 14.3. The normalized spacial score (nSPS) is 19.1. The van der Waals surface area contributed by atoms with Crippen molar-refractivity contribution in [2.75, 3.05) is 52.3 Å². The summed E-state index contributed by atoms with van der Waals surface area (Å²) in [6.07, 6.45) is 4.58. The monoisotopic (exact) mass is 660 g/mol. The molecule has 2 fully saturated rings. The summed E-state index contributed by atoms with van der Waals surface area (Å²) in [4.78, 5) is 38.3. The largest absolute Gasteiger partial charge is 0.493 e. The van der Waals surface area contributed by atoms with Gasteiger partial charge in [-0.1, -0.05) is 6.07 Å². The lowest BCUT2D eigenvalue weighted by Gasteiger charge is -2.28. The Balaban J connectivity index is 1.23. The summed E-state index contributed by atoms with van der Waals surface area (Å²) < 4.78 is 56.5. The number of hydrogen-bond donors (Lipinski definition) is 1. The van der Waals surface area contributed by atoms with Gasteiger partial charge in [0.05, 0.1) is 37.1 Å². The zero-order valence-corrected chi connectivity index (χ0v) is 27.0. The zero-order chi connectivity index (χ0) is 32.7. The van der Waals surface area contributed by atoms with Crippen molar-refractivity contribution in [2.24, 2.45) is 0 Å². The van der Waals surface area contributed by atoms with Crippen molar-refractivity contribution < 1.29 is 36.7 Å². The van der Waals surface area contributed by atoms with Crippen LogP contribution in [0, 0.1) is 5.82 Å².